The Morgan fingerprint density at radius 2 is 1.80 bits per heavy atom. The number of amides is 1. The summed E-state index contributed by atoms with van der Waals surface area (Å²) in [6, 6.07) is 13.0. The third-order valence-corrected chi connectivity index (χ3v) is 6.93. The number of hydrogen-bond donors (Lipinski definition) is 2. The number of nitrogens with zero attached hydrogens (tertiary/aromatic N) is 6. The Labute approximate surface area is 231 Å². The van der Waals surface area contributed by atoms with Gasteiger partial charge in [0.2, 0.25) is 0 Å². The molecule has 4 aromatic rings. The molecule has 2 aromatic carbocycles. The second-order valence-corrected chi connectivity index (χ2v) is 9.95. The van der Waals surface area contributed by atoms with Gasteiger partial charge in [-0.1, -0.05) is 36.6 Å². The van der Waals surface area contributed by atoms with E-state index >= 15 is 0 Å². The average Bonchev–Trinajstić information content (AvgIpc) is 3.67. The van der Waals surface area contributed by atoms with Crippen molar-refractivity contribution in [3.05, 3.63) is 81.8 Å². The minimum absolute atomic E-state index is 0.0849. The van der Waals surface area contributed by atoms with Gasteiger partial charge in [0, 0.05) is 16.6 Å². The van der Waals surface area contributed by atoms with Crippen LogP contribution in [0.25, 0.3) is 17.1 Å². The zero-order chi connectivity index (χ0) is 28.4. The topological polar surface area (TPSA) is 120 Å². The number of carbonyl (C=O) groups excluding carboxylic acids is 1. The van der Waals surface area contributed by atoms with Crippen LogP contribution in [0.4, 0.5) is 13.2 Å². The Morgan fingerprint density at radius 3 is 2.50 bits per heavy atom. The third kappa shape index (κ3) is 5.94. The van der Waals surface area contributed by atoms with Crippen molar-refractivity contribution in [1.29, 1.82) is 0 Å². The smallest absolute Gasteiger partial charge is 0.382 e. The number of aliphatic hydroxyl groups is 1. The van der Waals surface area contributed by atoms with Crippen molar-refractivity contribution in [2.75, 3.05) is 0 Å². The maximum Gasteiger partial charge on any atom is 0.416 e. The van der Waals surface area contributed by atoms with Gasteiger partial charge >= 0.3 is 11.9 Å². The molecule has 10 nitrogen and oxygen atoms in total. The second-order valence-electron chi connectivity index (χ2n) is 9.52. The van der Waals surface area contributed by atoms with E-state index in [1.54, 1.807) is 24.3 Å². The van der Waals surface area contributed by atoms with Gasteiger partial charge in [0.1, 0.15) is 12.9 Å². The number of carbonyl (C=O) groups is 1. The first-order valence-corrected chi connectivity index (χ1v) is 13.0. The molecule has 0 saturated heterocycles. The lowest BCUT2D eigenvalue weighted by Crippen LogP contribution is -2.37. The first-order chi connectivity index (χ1) is 19.1. The highest BCUT2D eigenvalue weighted by atomic mass is 35.5. The molecule has 1 aliphatic carbocycles. The van der Waals surface area contributed by atoms with Crippen LogP contribution in [0.1, 0.15) is 41.9 Å². The van der Waals surface area contributed by atoms with E-state index in [0.29, 0.717) is 21.8 Å². The van der Waals surface area contributed by atoms with Crippen molar-refractivity contribution in [3.63, 3.8) is 0 Å². The van der Waals surface area contributed by atoms with Gasteiger partial charge in [0.15, 0.2) is 17.8 Å². The van der Waals surface area contributed by atoms with E-state index in [2.05, 4.69) is 20.5 Å². The van der Waals surface area contributed by atoms with Crippen molar-refractivity contribution in [3.8, 4) is 17.1 Å². The van der Waals surface area contributed by atoms with Gasteiger partial charge in [-0.2, -0.15) is 13.2 Å². The van der Waals surface area contributed by atoms with Gasteiger partial charge in [0.25, 0.3) is 5.91 Å². The van der Waals surface area contributed by atoms with E-state index in [1.165, 1.54) is 35.3 Å². The number of rotatable bonds is 8. The molecule has 1 aliphatic rings. The Balaban J connectivity index is 1.43. The lowest BCUT2D eigenvalue weighted by Gasteiger charge is -2.15. The molecule has 0 aliphatic heterocycles. The van der Waals surface area contributed by atoms with Gasteiger partial charge in [-0.25, -0.2) is 19.1 Å². The molecule has 1 fully saturated rings. The van der Waals surface area contributed by atoms with Crippen LogP contribution in [-0.2, 0) is 13.1 Å². The fraction of sp³-hybridized carbons (Fsp3) is 0.346. The summed E-state index contributed by atoms with van der Waals surface area (Å²) in [5.41, 5.74) is 0.319. The summed E-state index contributed by atoms with van der Waals surface area (Å²) in [5, 5.41) is 21.7. The van der Waals surface area contributed by atoms with Crippen molar-refractivity contribution < 1.29 is 23.1 Å². The maximum absolute atomic E-state index is 13.1. The molecule has 5 rings (SSSR count). The van der Waals surface area contributed by atoms with Crippen LogP contribution in [0.2, 0.25) is 5.02 Å². The number of para-hydroxylation sites is 1. The first kappa shape index (κ1) is 27.6. The minimum Gasteiger partial charge on any atom is -0.382 e. The molecule has 1 saturated carbocycles. The van der Waals surface area contributed by atoms with E-state index < -0.39 is 24.5 Å². The Bertz CT molecular complexity index is 1560. The molecular formula is C26H25ClF3N7O3. The highest BCUT2D eigenvalue weighted by molar-refractivity contribution is 6.30. The van der Waals surface area contributed by atoms with Gasteiger partial charge in [-0.15, -0.1) is 10.2 Å². The predicted molar refractivity (Wildman–Crippen MR) is 139 cm³/mol. The van der Waals surface area contributed by atoms with E-state index in [0.717, 1.165) is 34.9 Å². The van der Waals surface area contributed by atoms with Gasteiger partial charge in [-0.3, -0.25) is 9.36 Å². The SMILES string of the molecule is O=C(NC1CCCC1)c1ccccc1-n1cnc(Cn2nc(-c3ccc(Cl)cc3)n(C[C@H](O)C(F)(F)F)c2=O)n1. The molecule has 0 spiro atoms. The third-order valence-electron chi connectivity index (χ3n) is 6.67. The summed E-state index contributed by atoms with van der Waals surface area (Å²) >= 11 is 5.93. The molecular weight excluding hydrogens is 551 g/mol. The number of alkyl halides is 3. The maximum atomic E-state index is 13.1. The van der Waals surface area contributed by atoms with Crippen molar-refractivity contribution in [2.24, 2.45) is 0 Å². The molecule has 2 N–H and O–H groups in total. The van der Waals surface area contributed by atoms with Crippen LogP contribution < -0.4 is 11.0 Å². The standard InChI is InChI=1S/C26H25ClF3N7O3/c27-17-11-9-16(10-12-17)23-34-36(25(40)35(23)13-21(38)26(28,29)30)14-22-31-15-37(33-22)20-8-4-3-7-19(20)24(39)32-18-5-1-2-6-18/h3-4,7-12,15,18,21,38H,1-2,5-6,13-14H2,(H,32,39)/t21-/m0/s1. The molecule has 0 unspecified atom stereocenters. The highest BCUT2D eigenvalue weighted by Crippen LogP contribution is 2.24. The first-order valence-electron chi connectivity index (χ1n) is 12.6. The number of benzene rings is 2. The Kier molecular flexibility index (Phi) is 7.76. The Hall–Kier alpha value is -3.97. The fourth-order valence-corrected chi connectivity index (χ4v) is 4.74. The minimum atomic E-state index is -4.93. The van der Waals surface area contributed by atoms with Crippen LogP contribution in [0, 0.1) is 0 Å². The van der Waals surface area contributed by atoms with E-state index in [-0.39, 0.29) is 30.1 Å². The monoisotopic (exact) mass is 575 g/mol. The number of nitrogens with one attached hydrogen (secondary N) is 1. The zero-order valence-electron chi connectivity index (χ0n) is 21.1. The average molecular weight is 576 g/mol. The van der Waals surface area contributed by atoms with Crippen molar-refractivity contribution in [2.45, 2.75) is 57.1 Å². The molecule has 0 bridgehead atoms. The molecule has 40 heavy (non-hydrogen) atoms. The quantitative estimate of drug-likeness (QED) is 0.331. The summed E-state index contributed by atoms with van der Waals surface area (Å²) < 4.78 is 42.4. The van der Waals surface area contributed by atoms with Gasteiger partial charge in [-0.05, 0) is 49.2 Å². The largest absolute Gasteiger partial charge is 0.416 e. The summed E-state index contributed by atoms with van der Waals surface area (Å²) in [6.45, 7) is -1.32. The normalized spacial score (nSPS) is 14.9. The fourth-order valence-electron chi connectivity index (χ4n) is 4.62. The van der Waals surface area contributed by atoms with Crippen LogP contribution >= 0.6 is 11.6 Å². The van der Waals surface area contributed by atoms with Crippen molar-refractivity contribution in [1.82, 2.24) is 34.4 Å². The molecule has 2 aromatic heterocycles. The van der Waals surface area contributed by atoms with E-state index in [1.807, 2.05) is 0 Å². The van der Waals surface area contributed by atoms with E-state index in [9.17, 15) is 27.9 Å². The van der Waals surface area contributed by atoms with Gasteiger partial charge < -0.3 is 10.4 Å². The lowest BCUT2D eigenvalue weighted by atomic mass is 10.1. The molecule has 1 amide bonds. The van der Waals surface area contributed by atoms with Crippen LogP contribution in [0.3, 0.4) is 0 Å². The molecule has 1 atom stereocenters. The highest BCUT2D eigenvalue weighted by Gasteiger charge is 2.39. The second kappa shape index (κ2) is 11.3. The summed E-state index contributed by atoms with van der Waals surface area (Å²) in [7, 11) is 0. The molecule has 210 valence electrons. The van der Waals surface area contributed by atoms with E-state index in [4.69, 9.17) is 11.6 Å². The van der Waals surface area contributed by atoms with Crippen LogP contribution in [0.15, 0.2) is 59.7 Å². The van der Waals surface area contributed by atoms with Gasteiger partial charge in [0.05, 0.1) is 17.8 Å². The van der Waals surface area contributed by atoms with Crippen molar-refractivity contribution >= 4 is 17.5 Å². The number of aromatic nitrogens is 6. The molecule has 2 heterocycles. The zero-order valence-corrected chi connectivity index (χ0v) is 21.8. The molecule has 0 radical (unpaired) electrons. The Morgan fingerprint density at radius 1 is 1.10 bits per heavy atom. The van der Waals surface area contributed by atoms with Crippen LogP contribution in [-0.4, -0.2) is 58.4 Å². The lowest BCUT2D eigenvalue weighted by molar-refractivity contribution is -0.207. The number of hydrogen-bond acceptors (Lipinski definition) is 6. The summed E-state index contributed by atoms with van der Waals surface area (Å²) in [6.07, 6.45) is -2.32. The number of aliphatic hydroxyl groups excluding tert-OH is 1. The predicted octanol–water partition coefficient (Wildman–Crippen LogP) is 3.59. The van der Waals surface area contributed by atoms with Crippen LogP contribution in [0.5, 0.6) is 0 Å². The summed E-state index contributed by atoms with van der Waals surface area (Å²) in [4.78, 5) is 30.3. The molecule has 14 heteroatoms. The summed E-state index contributed by atoms with van der Waals surface area (Å²) in [5.74, 6) is -0.180. The number of halogens is 4.